The van der Waals surface area contributed by atoms with Crippen LogP contribution < -0.4 is 11.1 Å². The van der Waals surface area contributed by atoms with Crippen LogP contribution in [0.1, 0.15) is 32.3 Å². The molecule has 5 heteroatoms. The molecule has 0 aliphatic heterocycles. The van der Waals surface area contributed by atoms with Crippen molar-refractivity contribution in [3.05, 3.63) is 34.3 Å². The Bertz CT molecular complexity index is 470. The maximum Gasteiger partial charge on any atom is 0.188 e. The van der Waals surface area contributed by atoms with Crippen LogP contribution in [0.2, 0.25) is 0 Å². The maximum absolute atomic E-state index is 5.89. The van der Waals surface area contributed by atoms with Crippen molar-refractivity contribution in [1.29, 1.82) is 0 Å². The molecule has 0 unspecified atom stereocenters. The summed E-state index contributed by atoms with van der Waals surface area (Å²) in [4.78, 5) is 4.50. The zero-order chi connectivity index (χ0) is 13.9. The normalized spacial score (nSPS) is 16.7. The lowest BCUT2D eigenvalue weighted by molar-refractivity contribution is 0.619. The van der Waals surface area contributed by atoms with E-state index >= 15 is 0 Å². The molecule has 0 heterocycles. The van der Waals surface area contributed by atoms with Crippen LogP contribution >= 0.6 is 39.9 Å². The summed E-state index contributed by atoms with van der Waals surface area (Å²) in [6.45, 7) is 5.97. The van der Waals surface area contributed by atoms with E-state index in [1.165, 1.54) is 18.4 Å². The van der Waals surface area contributed by atoms with Crippen LogP contribution in [0.3, 0.4) is 0 Å². The number of hydrogen-bond acceptors (Lipinski definition) is 1. The van der Waals surface area contributed by atoms with Crippen LogP contribution in [0.15, 0.2) is 33.7 Å². The fourth-order valence-electron chi connectivity index (χ4n) is 2.11. The zero-order valence-electron chi connectivity index (χ0n) is 12.0. The van der Waals surface area contributed by atoms with Gasteiger partial charge in [0.1, 0.15) is 0 Å². The third kappa shape index (κ3) is 4.91. The fourth-order valence-corrected chi connectivity index (χ4v) is 2.51. The van der Waals surface area contributed by atoms with Crippen molar-refractivity contribution in [2.45, 2.75) is 32.1 Å². The summed E-state index contributed by atoms with van der Waals surface area (Å²) in [6, 6.07) is 8.52. The predicted molar refractivity (Wildman–Crippen MR) is 99.8 cm³/mol. The molecule has 3 nitrogen and oxygen atoms in total. The second-order valence-electron chi connectivity index (χ2n) is 5.77. The highest BCUT2D eigenvalue weighted by molar-refractivity contribution is 14.0. The van der Waals surface area contributed by atoms with Gasteiger partial charge in [-0.25, -0.2) is 0 Å². The first-order chi connectivity index (χ1) is 9.02. The Morgan fingerprint density at radius 3 is 2.70 bits per heavy atom. The van der Waals surface area contributed by atoms with Crippen LogP contribution in [0, 0.1) is 5.92 Å². The molecular weight excluding hydrogens is 429 g/mol. The second kappa shape index (κ2) is 7.64. The summed E-state index contributed by atoms with van der Waals surface area (Å²) < 4.78 is 1.13. The molecule has 1 aromatic carbocycles. The number of nitrogens with zero attached hydrogens (tertiary/aromatic N) is 1. The Labute approximate surface area is 147 Å². The van der Waals surface area contributed by atoms with E-state index in [2.05, 4.69) is 64.4 Å². The number of aliphatic imine (C=N–C) groups is 1. The highest BCUT2D eigenvalue weighted by Crippen LogP contribution is 2.48. The van der Waals surface area contributed by atoms with Gasteiger partial charge in [0.2, 0.25) is 0 Å². The van der Waals surface area contributed by atoms with Crippen LogP contribution in [0.5, 0.6) is 0 Å². The molecule has 1 saturated carbocycles. The molecule has 0 spiro atoms. The van der Waals surface area contributed by atoms with Crippen LogP contribution in [0.4, 0.5) is 0 Å². The SMILES string of the molecule is CC(C)CNC(N)=NCC1(c2cccc(Br)c2)CC1.I. The van der Waals surface area contributed by atoms with Crippen molar-refractivity contribution in [1.82, 2.24) is 5.32 Å². The van der Waals surface area contributed by atoms with E-state index in [9.17, 15) is 0 Å². The molecule has 112 valence electrons. The smallest absolute Gasteiger partial charge is 0.188 e. The van der Waals surface area contributed by atoms with E-state index in [0.717, 1.165) is 17.6 Å². The Hall–Kier alpha value is -0.300. The van der Waals surface area contributed by atoms with Gasteiger partial charge in [-0.2, -0.15) is 0 Å². The van der Waals surface area contributed by atoms with Crippen molar-refractivity contribution < 1.29 is 0 Å². The standard InChI is InChI=1S/C15H22BrN3.HI/c1-11(2)9-18-14(17)19-10-15(6-7-15)12-4-3-5-13(16)8-12;/h3-5,8,11H,6-7,9-10H2,1-2H3,(H3,17,18,19);1H. The van der Waals surface area contributed by atoms with Crippen molar-refractivity contribution in [2.24, 2.45) is 16.6 Å². The number of benzene rings is 1. The van der Waals surface area contributed by atoms with Crippen molar-refractivity contribution in [3.63, 3.8) is 0 Å². The lowest BCUT2D eigenvalue weighted by Crippen LogP contribution is -2.35. The van der Waals surface area contributed by atoms with Crippen molar-refractivity contribution >= 4 is 45.9 Å². The Balaban J connectivity index is 0.00000200. The molecule has 0 saturated heterocycles. The monoisotopic (exact) mass is 451 g/mol. The summed E-state index contributed by atoms with van der Waals surface area (Å²) >= 11 is 3.53. The summed E-state index contributed by atoms with van der Waals surface area (Å²) in [5.41, 5.74) is 7.47. The Kier molecular flexibility index (Phi) is 6.78. The summed E-state index contributed by atoms with van der Waals surface area (Å²) in [5.74, 6) is 1.14. The minimum Gasteiger partial charge on any atom is -0.370 e. The molecule has 3 N–H and O–H groups in total. The number of guanidine groups is 1. The first-order valence-corrected chi connectivity index (χ1v) is 7.61. The number of nitrogens with two attached hydrogens (primary N) is 1. The average Bonchev–Trinajstić information content (AvgIpc) is 3.15. The third-order valence-electron chi connectivity index (χ3n) is 3.53. The fraction of sp³-hybridized carbons (Fsp3) is 0.533. The van der Waals surface area contributed by atoms with Gasteiger partial charge in [-0.05, 0) is 36.5 Å². The quantitative estimate of drug-likeness (QED) is 0.407. The molecule has 20 heavy (non-hydrogen) atoms. The van der Waals surface area contributed by atoms with E-state index < -0.39 is 0 Å². The van der Waals surface area contributed by atoms with Gasteiger partial charge in [-0.3, -0.25) is 4.99 Å². The molecule has 1 aromatic rings. The highest BCUT2D eigenvalue weighted by atomic mass is 127. The summed E-state index contributed by atoms with van der Waals surface area (Å²) in [7, 11) is 0. The minimum atomic E-state index is 0. The van der Waals surface area contributed by atoms with Crippen LogP contribution in [-0.4, -0.2) is 19.0 Å². The zero-order valence-corrected chi connectivity index (χ0v) is 15.9. The first kappa shape index (κ1) is 17.8. The number of rotatable bonds is 5. The summed E-state index contributed by atoms with van der Waals surface area (Å²) in [5, 5.41) is 3.16. The maximum atomic E-state index is 5.89. The molecule has 0 bridgehead atoms. The van der Waals surface area contributed by atoms with E-state index in [0.29, 0.717) is 11.9 Å². The largest absolute Gasteiger partial charge is 0.370 e. The van der Waals surface area contributed by atoms with E-state index in [4.69, 9.17) is 5.73 Å². The predicted octanol–water partition coefficient (Wildman–Crippen LogP) is 3.66. The van der Waals surface area contributed by atoms with Crippen LogP contribution in [-0.2, 0) is 5.41 Å². The van der Waals surface area contributed by atoms with Gasteiger partial charge in [-0.1, -0.05) is 41.9 Å². The third-order valence-corrected chi connectivity index (χ3v) is 4.03. The first-order valence-electron chi connectivity index (χ1n) is 6.82. The highest BCUT2D eigenvalue weighted by Gasteiger charge is 2.44. The van der Waals surface area contributed by atoms with Gasteiger partial charge in [0.25, 0.3) is 0 Å². The molecule has 0 amide bonds. The lowest BCUT2D eigenvalue weighted by atomic mass is 9.96. The molecule has 0 aromatic heterocycles. The molecule has 1 aliphatic carbocycles. The molecule has 1 fully saturated rings. The summed E-state index contributed by atoms with van der Waals surface area (Å²) in [6.07, 6.45) is 2.40. The van der Waals surface area contributed by atoms with Gasteiger partial charge >= 0.3 is 0 Å². The van der Waals surface area contributed by atoms with E-state index in [1.54, 1.807) is 0 Å². The number of halogens is 2. The Morgan fingerprint density at radius 2 is 2.15 bits per heavy atom. The van der Waals surface area contributed by atoms with Crippen molar-refractivity contribution in [3.8, 4) is 0 Å². The molecule has 1 aliphatic rings. The number of hydrogen-bond donors (Lipinski definition) is 2. The average molecular weight is 452 g/mol. The van der Waals surface area contributed by atoms with Crippen molar-refractivity contribution in [2.75, 3.05) is 13.1 Å². The van der Waals surface area contributed by atoms with Gasteiger partial charge < -0.3 is 11.1 Å². The minimum absolute atomic E-state index is 0. The lowest BCUT2D eigenvalue weighted by Gasteiger charge is -2.14. The Morgan fingerprint density at radius 1 is 1.45 bits per heavy atom. The van der Waals surface area contributed by atoms with E-state index in [-0.39, 0.29) is 29.4 Å². The van der Waals surface area contributed by atoms with E-state index in [1.807, 2.05) is 0 Å². The molecule has 0 radical (unpaired) electrons. The second-order valence-corrected chi connectivity index (χ2v) is 6.68. The van der Waals surface area contributed by atoms with Gasteiger partial charge in [-0.15, -0.1) is 24.0 Å². The van der Waals surface area contributed by atoms with Gasteiger partial charge in [0, 0.05) is 16.4 Å². The van der Waals surface area contributed by atoms with Gasteiger partial charge in [0.15, 0.2) is 5.96 Å². The topological polar surface area (TPSA) is 50.4 Å². The molecule has 0 atom stereocenters. The van der Waals surface area contributed by atoms with Crippen LogP contribution in [0.25, 0.3) is 0 Å². The van der Waals surface area contributed by atoms with Gasteiger partial charge in [0.05, 0.1) is 6.54 Å². The molecular formula is C15H23BrIN3. The molecule has 2 rings (SSSR count). The number of nitrogens with one attached hydrogen (secondary N) is 1.